The van der Waals surface area contributed by atoms with E-state index >= 15 is 0 Å². The fraction of sp³-hybridized carbons (Fsp3) is 0. The minimum absolute atomic E-state index is 0.753. The van der Waals surface area contributed by atoms with Gasteiger partial charge in [0.2, 0.25) is 4.96 Å². The quantitative estimate of drug-likeness (QED) is 0.503. The van der Waals surface area contributed by atoms with E-state index in [1.54, 1.807) is 15.9 Å². The van der Waals surface area contributed by atoms with Crippen LogP contribution in [-0.2, 0) is 0 Å². The van der Waals surface area contributed by atoms with Gasteiger partial charge in [-0.3, -0.25) is 0 Å². The summed E-state index contributed by atoms with van der Waals surface area (Å²) in [7, 11) is 0. The Bertz CT molecular complexity index is 953. The molecule has 22 heavy (non-hydrogen) atoms. The van der Waals surface area contributed by atoms with Crippen molar-refractivity contribution in [1.82, 2.24) is 19.8 Å². The Labute approximate surface area is 142 Å². The van der Waals surface area contributed by atoms with Crippen LogP contribution in [-0.4, -0.2) is 19.8 Å². The summed E-state index contributed by atoms with van der Waals surface area (Å²) in [6, 6.07) is 12.1. The molecule has 1 aromatic carbocycles. The molecule has 0 fully saturated rings. The molecule has 0 unspecified atom stereocenters. The van der Waals surface area contributed by atoms with Crippen molar-refractivity contribution in [3.63, 3.8) is 0 Å². The van der Waals surface area contributed by atoms with Gasteiger partial charge in [0.15, 0.2) is 5.82 Å². The van der Waals surface area contributed by atoms with Gasteiger partial charge in [-0.2, -0.15) is 9.61 Å². The van der Waals surface area contributed by atoms with Crippen LogP contribution < -0.4 is 0 Å². The average molecular weight is 389 g/mol. The van der Waals surface area contributed by atoms with Crippen LogP contribution in [0.15, 0.2) is 46.3 Å². The van der Waals surface area contributed by atoms with E-state index in [4.69, 9.17) is 0 Å². The maximum absolute atomic E-state index is 4.59. The number of halogens is 1. The lowest BCUT2D eigenvalue weighted by Gasteiger charge is -1.97. The van der Waals surface area contributed by atoms with E-state index in [-0.39, 0.29) is 0 Å². The fourth-order valence-electron chi connectivity index (χ4n) is 2.05. The van der Waals surface area contributed by atoms with E-state index in [0.29, 0.717) is 0 Å². The molecule has 108 valence electrons. The second-order valence-corrected chi connectivity index (χ2v) is 7.40. The van der Waals surface area contributed by atoms with E-state index < -0.39 is 0 Å². The fourth-order valence-corrected chi connectivity index (χ4v) is 3.80. The minimum atomic E-state index is 0.753. The van der Waals surface area contributed by atoms with Crippen molar-refractivity contribution in [2.45, 2.75) is 0 Å². The van der Waals surface area contributed by atoms with Gasteiger partial charge in [-0.15, -0.1) is 21.5 Å². The van der Waals surface area contributed by atoms with Crippen molar-refractivity contribution in [3.05, 3.63) is 56.1 Å². The van der Waals surface area contributed by atoms with Gasteiger partial charge >= 0.3 is 0 Å². The van der Waals surface area contributed by atoms with Crippen LogP contribution in [0.4, 0.5) is 0 Å². The Morgan fingerprint density at radius 3 is 2.86 bits per heavy atom. The van der Waals surface area contributed by atoms with Gasteiger partial charge < -0.3 is 0 Å². The van der Waals surface area contributed by atoms with E-state index in [0.717, 1.165) is 25.8 Å². The van der Waals surface area contributed by atoms with E-state index in [1.165, 1.54) is 16.2 Å². The molecule has 0 amide bonds. The maximum Gasteiger partial charge on any atom is 0.235 e. The summed E-state index contributed by atoms with van der Waals surface area (Å²) in [5.41, 5.74) is 0.987. The summed E-state index contributed by atoms with van der Waals surface area (Å²) in [5.74, 6) is 0.753. The molecule has 0 aliphatic rings. The number of benzene rings is 1. The molecule has 4 nitrogen and oxygen atoms in total. The van der Waals surface area contributed by atoms with Crippen LogP contribution in [0, 0.1) is 0 Å². The molecule has 0 aliphatic carbocycles. The Balaban J connectivity index is 1.73. The molecule has 3 heterocycles. The first kappa shape index (κ1) is 13.8. The van der Waals surface area contributed by atoms with Gasteiger partial charge in [0.25, 0.3) is 0 Å². The first-order chi connectivity index (χ1) is 10.8. The number of nitrogens with zero attached hydrogens (tertiary/aromatic N) is 4. The highest BCUT2D eigenvalue weighted by molar-refractivity contribution is 9.10. The van der Waals surface area contributed by atoms with E-state index in [2.05, 4.69) is 48.7 Å². The third-order valence-corrected chi connectivity index (χ3v) is 5.22. The molecule has 0 saturated carbocycles. The van der Waals surface area contributed by atoms with Crippen molar-refractivity contribution in [1.29, 1.82) is 0 Å². The molecule has 0 bridgehead atoms. The highest BCUT2D eigenvalue weighted by atomic mass is 79.9. The van der Waals surface area contributed by atoms with Gasteiger partial charge in [-0.25, -0.2) is 0 Å². The maximum atomic E-state index is 4.59. The molecule has 7 heteroatoms. The zero-order chi connectivity index (χ0) is 14.9. The molecule has 0 spiro atoms. The first-order valence-corrected chi connectivity index (χ1v) is 8.98. The summed E-state index contributed by atoms with van der Waals surface area (Å²) in [4.78, 5) is 2.00. The van der Waals surface area contributed by atoms with Gasteiger partial charge in [0.1, 0.15) is 5.01 Å². The van der Waals surface area contributed by atoms with Crippen molar-refractivity contribution in [3.8, 4) is 11.4 Å². The van der Waals surface area contributed by atoms with Crippen LogP contribution in [0.1, 0.15) is 9.88 Å². The largest absolute Gasteiger partial charge is 0.235 e. The van der Waals surface area contributed by atoms with Crippen LogP contribution in [0.2, 0.25) is 0 Å². The molecular weight excluding hydrogens is 380 g/mol. The number of rotatable bonds is 3. The Hall–Kier alpha value is -1.83. The van der Waals surface area contributed by atoms with E-state index in [1.807, 2.05) is 36.4 Å². The first-order valence-electron chi connectivity index (χ1n) is 6.49. The van der Waals surface area contributed by atoms with Gasteiger partial charge in [0.05, 0.1) is 0 Å². The number of thiophene rings is 1. The lowest BCUT2D eigenvalue weighted by Crippen LogP contribution is -1.90. The SMILES string of the molecule is Brc1cccc(-c2nnc3sc(/C=C/c4cccs4)nn23)c1. The van der Waals surface area contributed by atoms with Gasteiger partial charge in [-0.05, 0) is 35.7 Å². The standard InChI is InChI=1S/C15H9BrN4S2/c16-11-4-1-3-10(9-11)14-17-18-15-20(14)19-13(22-15)7-6-12-5-2-8-21-12/h1-9H/b7-6+. The molecular formula is C15H9BrN4S2. The smallest absolute Gasteiger partial charge is 0.182 e. The van der Waals surface area contributed by atoms with Crippen molar-refractivity contribution < 1.29 is 0 Å². The summed E-state index contributed by atoms with van der Waals surface area (Å²) >= 11 is 6.70. The molecule has 0 saturated heterocycles. The molecule has 0 atom stereocenters. The second kappa shape index (κ2) is 5.75. The van der Waals surface area contributed by atoms with Crippen molar-refractivity contribution in [2.24, 2.45) is 0 Å². The summed E-state index contributed by atoms with van der Waals surface area (Å²) in [5, 5.41) is 16.0. The van der Waals surface area contributed by atoms with Crippen LogP contribution in [0.5, 0.6) is 0 Å². The normalized spacial score (nSPS) is 11.7. The Morgan fingerprint density at radius 1 is 1.09 bits per heavy atom. The number of hydrogen-bond donors (Lipinski definition) is 0. The van der Waals surface area contributed by atoms with Crippen LogP contribution in [0.3, 0.4) is 0 Å². The second-order valence-electron chi connectivity index (χ2n) is 4.52. The number of aromatic nitrogens is 4. The minimum Gasteiger partial charge on any atom is -0.182 e. The van der Waals surface area contributed by atoms with Gasteiger partial charge in [0, 0.05) is 14.9 Å². The topological polar surface area (TPSA) is 43.1 Å². The Morgan fingerprint density at radius 2 is 2.05 bits per heavy atom. The predicted octanol–water partition coefficient (Wildman–Crippen LogP) is 4.85. The molecule has 3 aromatic heterocycles. The molecule has 0 N–H and O–H groups in total. The summed E-state index contributed by atoms with van der Waals surface area (Å²) in [6.45, 7) is 0. The highest BCUT2D eigenvalue weighted by Crippen LogP contribution is 2.25. The zero-order valence-corrected chi connectivity index (χ0v) is 14.4. The zero-order valence-electron chi connectivity index (χ0n) is 11.2. The highest BCUT2D eigenvalue weighted by Gasteiger charge is 2.12. The van der Waals surface area contributed by atoms with Crippen molar-refractivity contribution in [2.75, 3.05) is 0 Å². The molecule has 4 aromatic rings. The number of fused-ring (bicyclic) bond motifs is 1. The number of hydrogen-bond acceptors (Lipinski definition) is 5. The molecule has 0 aliphatic heterocycles. The third-order valence-electron chi connectivity index (χ3n) is 3.02. The predicted molar refractivity (Wildman–Crippen MR) is 95.0 cm³/mol. The third kappa shape index (κ3) is 2.63. The average Bonchev–Trinajstić information content (AvgIpc) is 3.22. The molecule has 4 rings (SSSR count). The Kier molecular flexibility index (Phi) is 3.61. The summed E-state index contributed by atoms with van der Waals surface area (Å²) in [6.07, 6.45) is 4.07. The lowest BCUT2D eigenvalue weighted by molar-refractivity contribution is 0.959. The van der Waals surface area contributed by atoms with E-state index in [9.17, 15) is 0 Å². The lowest BCUT2D eigenvalue weighted by atomic mass is 10.2. The van der Waals surface area contributed by atoms with Crippen LogP contribution in [0.25, 0.3) is 28.5 Å². The monoisotopic (exact) mass is 388 g/mol. The summed E-state index contributed by atoms with van der Waals surface area (Å²) < 4.78 is 2.80. The van der Waals surface area contributed by atoms with Gasteiger partial charge in [-0.1, -0.05) is 45.5 Å². The van der Waals surface area contributed by atoms with Crippen LogP contribution >= 0.6 is 38.6 Å². The molecule has 0 radical (unpaired) electrons. The van der Waals surface area contributed by atoms with Crippen molar-refractivity contribution >= 4 is 55.7 Å².